The van der Waals surface area contributed by atoms with Gasteiger partial charge in [-0.1, -0.05) is 196 Å². The van der Waals surface area contributed by atoms with E-state index in [9.17, 15) is 0 Å². The Morgan fingerprint density at radius 3 is 2.08 bits per heavy atom. The first-order chi connectivity index (χ1) is 35.0. The van der Waals surface area contributed by atoms with Crippen molar-refractivity contribution in [1.29, 1.82) is 0 Å². The fraction of sp³-hybridized carbons (Fsp3) is 0.314. The Morgan fingerprint density at radius 1 is 0.563 bits per heavy atom. The van der Waals surface area contributed by atoms with Gasteiger partial charge in [-0.2, -0.15) is 0 Å². The first kappa shape index (κ1) is 41.2. The molecule has 8 unspecified atom stereocenters. The summed E-state index contributed by atoms with van der Waals surface area (Å²) in [7, 11) is 0. The zero-order valence-corrected chi connectivity index (χ0v) is 41.3. The predicted molar refractivity (Wildman–Crippen MR) is 293 cm³/mol. The summed E-state index contributed by atoms with van der Waals surface area (Å²) in [5.41, 5.74) is 22.8. The number of nitrogens with zero attached hydrogens (tertiary/aromatic N) is 1. The van der Waals surface area contributed by atoms with Crippen molar-refractivity contribution >= 4 is 23.1 Å². The van der Waals surface area contributed by atoms with Crippen LogP contribution in [0.1, 0.15) is 122 Å². The molecule has 0 bridgehead atoms. The van der Waals surface area contributed by atoms with Crippen molar-refractivity contribution in [2.24, 2.45) is 40.4 Å². The van der Waals surface area contributed by atoms with Crippen molar-refractivity contribution in [3.05, 3.63) is 227 Å². The number of rotatable bonds is 7. The Hall–Kier alpha value is -6.44. The van der Waals surface area contributed by atoms with E-state index in [2.05, 4.69) is 213 Å². The van der Waals surface area contributed by atoms with Crippen LogP contribution in [0.25, 0.3) is 39.5 Å². The lowest BCUT2D eigenvalue weighted by molar-refractivity contribution is -0.435. The second kappa shape index (κ2) is 14.6. The van der Waals surface area contributed by atoms with Gasteiger partial charge in [-0.25, -0.2) is 0 Å². The minimum Gasteiger partial charge on any atom is -0.309 e. The summed E-state index contributed by atoms with van der Waals surface area (Å²) >= 11 is 0. The van der Waals surface area contributed by atoms with Crippen LogP contribution in [0.2, 0.25) is 0 Å². The first-order valence-electron chi connectivity index (χ1n) is 27.5. The molecule has 0 saturated heterocycles. The van der Waals surface area contributed by atoms with E-state index in [4.69, 9.17) is 0 Å². The van der Waals surface area contributed by atoms with Gasteiger partial charge in [-0.05, 0) is 172 Å². The van der Waals surface area contributed by atoms with Crippen molar-refractivity contribution in [3.8, 4) is 33.4 Å². The minimum atomic E-state index is -0.305. The molecule has 7 aromatic carbocycles. The van der Waals surface area contributed by atoms with E-state index in [1.807, 2.05) is 0 Å². The molecule has 1 heteroatoms. The standard InChI is InChI=1S/C70H63N/c1-67-39-14-13-28-57(67)55-38-35-47(40-60(55)70(67)63-42-49-41-50-43-64(70)69(49,50)63)44-33-36-51(37-34-44)71(62-32-17-30-59-66(62)56-25-9-11-29-58(56)68(59,2)48-22-7-4-8-23-48)61-31-12-10-24-53(61)54-27-16-21-46-20-15-26-52(65(46)54)45-18-5-3-6-19-45/h4,7-17,20-25,27-40,45,49-50,52,57,63-64H,3,5-6,18-19,26,41-43H2,1-2H3. The van der Waals surface area contributed by atoms with E-state index in [0.29, 0.717) is 17.3 Å². The molecule has 5 fully saturated rings. The zero-order chi connectivity index (χ0) is 46.8. The second-order valence-corrected chi connectivity index (χ2v) is 24.0. The first-order valence-corrected chi connectivity index (χ1v) is 27.5. The van der Waals surface area contributed by atoms with Gasteiger partial charge in [0.15, 0.2) is 0 Å². The predicted octanol–water partition coefficient (Wildman–Crippen LogP) is 18.0. The molecule has 0 heterocycles. The summed E-state index contributed by atoms with van der Waals surface area (Å²) in [6.07, 6.45) is 27.1. The van der Waals surface area contributed by atoms with E-state index >= 15 is 0 Å². The van der Waals surface area contributed by atoms with Crippen LogP contribution in [0.5, 0.6) is 0 Å². The van der Waals surface area contributed by atoms with Gasteiger partial charge < -0.3 is 4.90 Å². The molecule has 348 valence electrons. The highest BCUT2D eigenvalue weighted by atomic mass is 15.1. The average molecular weight is 918 g/mol. The fourth-order valence-corrected chi connectivity index (χ4v) is 18.9. The molecule has 9 aliphatic rings. The maximum Gasteiger partial charge on any atom is 0.0543 e. The van der Waals surface area contributed by atoms with Gasteiger partial charge in [0.25, 0.3) is 0 Å². The smallest absolute Gasteiger partial charge is 0.0543 e. The maximum atomic E-state index is 2.69. The Labute approximate surface area is 421 Å². The molecule has 5 saturated carbocycles. The van der Waals surface area contributed by atoms with Crippen LogP contribution in [-0.4, -0.2) is 0 Å². The molecule has 0 aliphatic heterocycles. The monoisotopic (exact) mass is 917 g/mol. The lowest BCUT2D eigenvalue weighted by Crippen LogP contribution is -2.90. The van der Waals surface area contributed by atoms with Crippen molar-refractivity contribution in [1.82, 2.24) is 0 Å². The number of hydrogen-bond donors (Lipinski definition) is 0. The highest BCUT2D eigenvalue weighted by Gasteiger charge is 2.93. The lowest BCUT2D eigenvalue weighted by Gasteiger charge is -2.94. The van der Waals surface area contributed by atoms with Crippen molar-refractivity contribution in [2.45, 2.75) is 94.3 Å². The Bertz CT molecular complexity index is 3430. The normalized spacial score (nSPS) is 32.4. The van der Waals surface area contributed by atoms with Gasteiger partial charge in [0.1, 0.15) is 0 Å². The molecule has 71 heavy (non-hydrogen) atoms. The molecule has 16 rings (SSSR count). The molecule has 7 aromatic rings. The number of benzene rings is 7. The third-order valence-electron chi connectivity index (χ3n) is 21.8. The highest BCUT2D eigenvalue weighted by molar-refractivity contribution is 5.99. The molecule has 0 radical (unpaired) electrons. The Morgan fingerprint density at radius 2 is 1.27 bits per heavy atom. The van der Waals surface area contributed by atoms with E-state index in [0.717, 1.165) is 36.0 Å². The van der Waals surface area contributed by atoms with Crippen molar-refractivity contribution < 1.29 is 0 Å². The summed E-state index contributed by atoms with van der Waals surface area (Å²) < 4.78 is 0. The summed E-state index contributed by atoms with van der Waals surface area (Å²) in [5.74, 6) is 5.44. The molecule has 0 amide bonds. The van der Waals surface area contributed by atoms with Gasteiger partial charge in [-0.15, -0.1) is 0 Å². The quantitative estimate of drug-likeness (QED) is 0.154. The van der Waals surface area contributed by atoms with E-state index in [1.54, 1.807) is 16.7 Å². The fourth-order valence-electron chi connectivity index (χ4n) is 18.9. The SMILES string of the molecule is CC1(c2ccccc2)c2ccccc2-c2c(N(c3ccc(-c4ccc5c(c4)C4(C6CC7CC8CC4C786)C4(C)C=CC=CC54)cc3)c3ccccc3-c3cccc4c3C(C3CCCCC3)CC=C4)cccc21. The zero-order valence-electron chi connectivity index (χ0n) is 41.3. The van der Waals surface area contributed by atoms with Crippen LogP contribution in [-0.2, 0) is 10.8 Å². The summed E-state index contributed by atoms with van der Waals surface area (Å²) in [4.78, 5) is 2.63. The molecule has 2 spiro atoms. The van der Waals surface area contributed by atoms with E-state index in [-0.39, 0.29) is 16.2 Å². The molecule has 9 aliphatic carbocycles. The van der Waals surface area contributed by atoms with Gasteiger partial charge in [-0.3, -0.25) is 0 Å². The summed E-state index contributed by atoms with van der Waals surface area (Å²) in [6, 6.07) is 61.5. The molecule has 0 N–H and O–H groups in total. The third kappa shape index (κ3) is 5.00. The highest BCUT2D eigenvalue weighted by Crippen LogP contribution is 2.97. The Kier molecular flexibility index (Phi) is 8.47. The number of hydrogen-bond acceptors (Lipinski definition) is 1. The number of allylic oxidation sites excluding steroid dienone is 5. The summed E-state index contributed by atoms with van der Waals surface area (Å²) in [5, 5.41) is 0. The van der Waals surface area contributed by atoms with Crippen molar-refractivity contribution in [3.63, 3.8) is 0 Å². The number of para-hydroxylation sites is 1. The van der Waals surface area contributed by atoms with Crippen LogP contribution < -0.4 is 4.90 Å². The van der Waals surface area contributed by atoms with Crippen LogP contribution >= 0.6 is 0 Å². The largest absolute Gasteiger partial charge is 0.309 e. The summed E-state index contributed by atoms with van der Waals surface area (Å²) in [6.45, 7) is 5.09. The lowest BCUT2D eigenvalue weighted by atomic mass is 9.10. The van der Waals surface area contributed by atoms with Gasteiger partial charge in [0, 0.05) is 39.0 Å². The van der Waals surface area contributed by atoms with Gasteiger partial charge >= 0.3 is 0 Å². The third-order valence-corrected chi connectivity index (χ3v) is 21.8. The number of anilines is 3. The van der Waals surface area contributed by atoms with Crippen LogP contribution in [0.15, 0.2) is 188 Å². The molecular weight excluding hydrogens is 855 g/mol. The number of fused-ring (bicyclic) bond motifs is 11. The van der Waals surface area contributed by atoms with Crippen LogP contribution in [0.4, 0.5) is 17.1 Å². The van der Waals surface area contributed by atoms with E-state index < -0.39 is 0 Å². The minimum absolute atomic E-state index is 0.155. The van der Waals surface area contributed by atoms with Gasteiger partial charge in [0.05, 0.1) is 11.4 Å². The molecule has 8 atom stereocenters. The van der Waals surface area contributed by atoms with Crippen LogP contribution in [0, 0.1) is 40.4 Å². The second-order valence-electron chi connectivity index (χ2n) is 24.0. The maximum absolute atomic E-state index is 2.69. The average Bonchev–Trinajstić information content (AvgIpc) is 3.98. The topological polar surface area (TPSA) is 3.24 Å². The molecule has 0 aromatic heterocycles. The van der Waals surface area contributed by atoms with Crippen molar-refractivity contribution in [2.75, 3.05) is 4.90 Å². The van der Waals surface area contributed by atoms with E-state index in [1.165, 1.54) is 124 Å². The van der Waals surface area contributed by atoms with Gasteiger partial charge in [0.2, 0.25) is 0 Å². The van der Waals surface area contributed by atoms with Crippen LogP contribution in [0.3, 0.4) is 0 Å². The Balaban J connectivity index is 0.870. The molecule has 1 nitrogen and oxygen atoms in total. The molecular formula is C70H63N.